The molecule has 9 nitrogen and oxygen atoms in total. The fourth-order valence-corrected chi connectivity index (χ4v) is 3.26. The quantitative estimate of drug-likeness (QED) is 0.504. The highest BCUT2D eigenvalue weighted by molar-refractivity contribution is 7.99. The van der Waals surface area contributed by atoms with Crippen molar-refractivity contribution in [3.05, 3.63) is 0 Å². The molecule has 1 saturated heterocycles. The maximum absolute atomic E-state index is 11.5. The number of hydrogen-bond acceptors (Lipinski definition) is 9. The van der Waals surface area contributed by atoms with Crippen molar-refractivity contribution in [3.8, 4) is 0 Å². The highest BCUT2D eigenvalue weighted by atomic mass is 32.2. The lowest BCUT2D eigenvalue weighted by Gasteiger charge is -2.44. The minimum atomic E-state index is -1.04. The predicted octanol–water partition coefficient (Wildman–Crippen LogP) is 0.00550. The van der Waals surface area contributed by atoms with Crippen molar-refractivity contribution in [1.29, 1.82) is 0 Å². The van der Waals surface area contributed by atoms with Crippen LogP contribution in [0.3, 0.4) is 0 Å². The first-order valence-electron chi connectivity index (χ1n) is 7.58. The number of rotatable bonds is 6. The zero-order chi connectivity index (χ0) is 19.1. The number of carbonyl (C=O) groups is 4. The maximum atomic E-state index is 11.5. The Kier molecular flexibility index (Phi) is 8.17. The number of ether oxygens (including phenoxy) is 4. The second-order valence-corrected chi connectivity index (χ2v) is 6.39. The predicted molar refractivity (Wildman–Crippen MR) is 87.5 cm³/mol. The van der Waals surface area contributed by atoms with E-state index in [4.69, 9.17) is 18.9 Å². The molecule has 1 fully saturated rings. The van der Waals surface area contributed by atoms with Crippen molar-refractivity contribution in [2.24, 2.45) is 0 Å². The second-order valence-electron chi connectivity index (χ2n) is 5.46. The summed E-state index contributed by atoms with van der Waals surface area (Å²) in [5.74, 6) is -2.11. The van der Waals surface area contributed by atoms with Gasteiger partial charge in [-0.1, -0.05) is 0 Å². The van der Waals surface area contributed by atoms with E-state index in [0.717, 1.165) is 0 Å². The van der Waals surface area contributed by atoms with Crippen LogP contribution in [0.25, 0.3) is 0 Å². The Hall–Kier alpha value is -1.81. The van der Waals surface area contributed by atoms with Gasteiger partial charge in [0.15, 0.2) is 12.2 Å². The Balaban J connectivity index is 3.18. The van der Waals surface area contributed by atoms with Crippen molar-refractivity contribution in [1.82, 2.24) is 5.32 Å². The molecule has 1 N–H and O–H groups in total. The molecule has 1 heterocycles. The molecule has 0 spiro atoms. The van der Waals surface area contributed by atoms with Gasteiger partial charge in [0.1, 0.15) is 24.2 Å². The summed E-state index contributed by atoms with van der Waals surface area (Å²) in [7, 11) is 0. The van der Waals surface area contributed by atoms with Gasteiger partial charge in [-0.05, 0) is 6.26 Å². The van der Waals surface area contributed by atoms with E-state index in [0.29, 0.717) is 0 Å². The summed E-state index contributed by atoms with van der Waals surface area (Å²) in [5.41, 5.74) is -0.597. The molecule has 10 heteroatoms. The molecule has 1 aliphatic heterocycles. The third kappa shape index (κ3) is 6.54. The Bertz CT molecular complexity index is 526. The molecule has 0 aromatic rings. The van der Waals surface area contributed by atoms with Crippen LogP contribution in [0.2, 0.25) is 0 Å². The SMILES string of the molecule is CS[C@@H]1OC(COC(C)=O)[C@H](OC(C)=O)C(OC(C)=O)C1NC(C)=O. The van der Waals surface area contributed by atoms with E-state index in [1.807, 2.05) is 0 Å². The summed E-state index contributed by atoms with van der Waals surface area (Å²) in [5, 5.41) is 2.67. The zero-order valence-electron chi connectivity index (χ0n) is 14.8. The van der Waals surface area contributed by atoms with Crippen LogP contribution in [0.15, 0.2) is 0 Å². The molecule has 25 heavy (non-hydrogen) atoms. The fraction of sp³-hybridized carbons (Fsp3) is 0.733. The van der Waals surface area contributed by atoms with Crippen molar-refractivity contribution >= 4 is 35.6 Å². The molecule has 0 saturated carbocycles. The summed E-state index contributed by atoms with van der Waals surface area (Å²) in [4.78, 5) is 45.7. The van der Waals surface area contributed by atoms with E-state index in [-0.39, 0.29) is 12.5 Å². The monoisotopic (exact) mass is 377 g/mol. The molecule has 0 bridgehead atoms. The molecule has 3 unspecified atom stereocenters. The molecule has 0 radical (unpaired) electrons. The summed E-state index contributed by atoms with van der Waals surface area (Å²) < 4.78 is 21.4. The van der Waals surface area contributed by atoms with Gasteiger partial charge in [-0.15, -0.1) is 11.8 Å². The van der Waals surface area contributed by atoms with Gasteiger partial charge in [-0.3, -0.25) is 19.2 Å². The van der Waals surface area contributed by atoms with Gasteiger partial charge < -0.3 is 24.3 Å². The summed E-state index contributed by atoms with van der Waals surface area (Å²) in [6, 6.07) is -0.741. The lowest BCUT2D eigenvalue weighted by atomic mass is 9.97. The molecule has 0 aliphatic carbocycles. The smallest absolute Gasteiger partial charge is 0.303 e. The number of amides is 1. The average molecular weight is 377 g/mol. The topological polar surface area (TPSA) is 117 Å². The summed E-state index contributed by atoms with van der Waals surface area (Å²) >= 11 is 1.28. The van der Waals surface area contributed by atoms with Crippen LogP contribution in [0.1, 0.15) is 27.7 Å². The molecular weight excluding hydrogens is 354 g/mol. The largest absolute Gasteiger partial charge is 0.463 e. The number of thioether (sulfide) groups is 1. The highest BCUT2D eigenvalue weighted by Crippen LogP contribution is 2.31. The maximum Gasteiger partial charge on any atom is 0.303 e. The van der Waals surface area contributed by atoms with Crippen molar-refractivity contribution in [3.63, 3.8) is 0 Å². The van der Waals surface area contributed by atoms with E-state index >= 15 is 0 Å². The molecule has 1 rings (SSSR count). The van der Waals surface area contributed by atoms with E-state index in [1.165, 1.54) is 39.5 Å². The Morgan fingerprint density at radius 2 is 1.52 bits per heavy atom. The van der Waals surface area contributed by atoms with Gasteiger partial charge in [0, 0.05) is 27.7 Å². The lowest BCUT2D eigenvalue weighted by molar-refractivity contribution is -0.211. The van der Waals surface area contributed by atoms with Gasteiger partial charge in [-0.2, -0.15) is 0 Å². The van der Waals surface area contributed by atoms with Crippen LogP contribution >= 0.6 is 11.8 Å². The number of carbonyl (C=O) groups excluding carboxylic acids is 4. The normalized spacial score (nSPS) is 28.6. The first kappa shape index (κ1) is 21.2. The Morgan fingerprint density at radius 1 is 0.960 bits per heavy atom. The molecule has 0 aromatic heterocycles. The second kappa shape index (κ2) is 9.62. The van der Waals surface area contributed by atoms with Crippen LogP contribution in [0, 0.1) is 0 Å². The van der Waals surface area contributed by atoms with E-state index in [2.05, 4.69) is 5.32 Å². The van der Waals surface area contributed by atoms with Crippen LogP contribution in [0.4, 0.5) is 0 Å². The third-order valence-corrected chi connectivity index (χ3v) is 4.17. The standard InChI is InChI=1S/C15H23NO8S/c1-7(17)16-12-14(23-10(4)20)13(22-9(3)19)11(6-21-8(2)18)24-15(12)25-5/h11-15H,6H2,1-5H3,(H,16,17)/t11?,12?,13-,14?,15-/m0/s1. The summed E-state index contributed by atoms with van der Waals surface area (Å²) in [6.07, 6.45) is -1.13. The van der Waals surface area contributed by atoms with Gasteiger partial charge in [0.2, 0.25) is 5.91 Å². The van der Waals surface area contributed by atoms with Gasteiger partial charge in [0.25, 0.3) is 0 Å². The molecular formula is C15H23NO8S. The molecule has 142 valence electrons. The van der Waals surface area contributed by atoms with Crippen molar-refractivity contribution in [2.45, 2.75) is 57.5 Å². The first-order chi connectivity index (χ1) is 11.6. The van der Waals surface area contributed by atoms with E-state index in [1.54, 1.807) is 6.26 Å². The highest BCUT2D eigenvalue weighted by Gasteiger charge is 2.50. The van der Waals surface area contributed by atoms with E-state index < -0.39 is 47.7 Å². The molecule has 5 atom stereocenters. The molecule has 1 amide bonds. The molecule has 1 aliphatic rings. The van der Waals surface area contributed by atoms with Crippen LogP contribution in [0.5, 0.6) is 0 Å². The first-order valence-corrected chi connectivity index (χ1v) is 8.87. The van der Waals surface area contributed by atoms with E-state index in [9.17, 15) is 19.2 Å². The minimum absolute atomic E-state index is 0.186. The van der Waals surface area contributed by atoms with Gasteiger partial charge >= 0.3 is 17.9 Å². The third-order valence-electron chi connectivity index (χ3n) is 3.30. The lowest BCUT2D eigenvalue weighted by Crippen LogP contribution is -2.65. The number of nitrogens with one attached hydrogen (secondary N) is 1. The van der Waals surface area contributed by atoms with Crippen molar-refractivity contribution < 1.29 is 38.1 Å². The van der Waals surface area contributed by atoms with Gasteiger partial charge in [0.05, 0.1) is 0 Å². The number of esters is 3. The van der Waals surface area contributed by atoms with Crippen LogP contribution < -0.4 is 5.32 Å². The average Bonchev–Trinajstić information content (AvgIpc) is 2.48. The fourth-order valence-electron chi connectivity index (χ4n) is 2.49. The van der Waals surface area contributed by atoms with Crippen LogP contribution in [-0.4, -0.2) is 66.5 Å². The number of hydrogen-bond donors (Lipinski definition) is 1. The summed E-state index contributed by atoms with van der Waals surface area (Å²) in [6.45, 7) is 4.77. The Labute approximate surface area is 150 Å². The van der Waals surface area contributed by atoms with Crippen LogP contribution in [-0.2, 0) is 38.1 Å². The zero-order valence-corrected chi connectivity index (χ0v) is 15.6. The minimum Gasteiger partial charge on any atom is -0.463 e. The Morgan fingerprint density at radius 3 is 1.96 bits per heavy atom. The van der Waals surface area contributed by atoms with Gasteiger partial charge in [-0.25, -0.2) is 0 Å². The molecule has 0 aromatic carbocycles. The van der Waals surface area contributed by atoms with Crippen molar-refractivity contribution in [2.75, 3.05) is 12.9 Å².